The molecule has 0 spiro atoms. The quantitative estimate of drug-likeness (QED) is 0.770. The molecule has 0 radical (unpaired) electrons. The van der Waals surface area contributed by atoms with Gasteiger partial charge >= 0.3 is 12.0 Å². The molecule has 1 atom stereocenters. The number of carboxylic acid groups (broad SMARTS) is 1. The number of hydrogen-bond donors (Lipinski definition) is 2. The summed E-state index contributed by atoms with van der Waals surface area (Å²) in [6, 6.07) is -0.781. The molecule has 0 bridgehead atoms. The van der Waals surface area contributed by atoms with Crippen molar-refractivity contribution in [3.8, 4) is 0 Å². The SMILES string of the molecule is CC(C)C[C@H](NC(=O)N(C)C1CCC1)C(=O)O. The van der Waals surface area contributed by atoms with E-state index in [9.17, 15) is 9.59 Å². The standard InChI is InChI=1S/C12H22N2O3/c1-8(2)7-10(11(15)16)13-12(17)14(3)9-5-4-6-9/h8-10H,4-7H2,1-3H3,(H,13,17)(H,15,16)/t10-/m0/s1. The van der Waals surface area contributed by atoms with Crippen LogP contribution in [0.15, 0.2) is 0 Å². The Morgan fingerprint density at radius 3 is 2.35 bits per heavy atom. The molecule has 98 valence electrons. The number of carboxylic acids is 1. The predicted octanol–water partition coefficient (Wildman–Crippen LogP) is 1.68. The van der Waals surface area contributed by atoms with E-state index in [2.05, 4.69) is 5.32 Å². The topological polar surface area (TPSA) is 69.6 Å². The van der Waals surface area contributed by atoms with Crippen molar-refractivity contribution < 1.29 is 14.7 Å². The molecule has 2 amide bonds. The van der Waals surface area contributed by atoms with Crippen LogP contribution in [0.25, 0.3) is 0 Å². The third-order valence-corrected chi connectivity index (χ3v) is 3.25. The highest BCUT2D eigenvalue weighted by atomic mass is 16.4. The summed E-state index contributed by atoms with van der Waals surface area (Å²) in [6.07, 6.45) is 3.65. The smallest absolute Gasteiger partial charge is 0.326 e. The van der Waals surface area contributed by atoms with Crippen LogP contribution in [0.4, 0.5) is 4.79 Å². The lowest BCUT2D eigenvalue weighted by Gasteiger charge is -2.35. The maximum absolute atomic E-state index is 11.8. The molecule has 2 N–H and O–H groups in total. The van der Waals surface area contributed by atoms with Crippen LogP contribution in [0.5, 0.6) is 0 Å². The van der Waals surface area contributed by atoms with Crippen LogP contribution in [0, 0.1) is 5.92 Å². The molecule has 0 aromatic carbocycles. The number of carbonyl (C=O) groups excluding carboxylic acids is 1. The van der Waals surface area contributed by atoms with E-state index in [1.54, 1.807) is 11.9 Å². The molecule has 1 saturated carbocycles. The molecule has 0 saturated heterocycles. The largest absolute Gasteiger partial charge is 0.480 e. The summed E-state index contributed by atoms with van der Waals surface area (Å²) in [7, 11) is 1.73. The Morgan fingerprint density at radius 2 is 2.00 bits per heavy atom. The summed E-state index contributed by atoms with van der Waals surface area (Å²) in [4.78, 5) is 24.5. The van der Waals surface area contributed by atoms with Gasteiger partial charge in [-0.05, 0) is 31.6 Å². The molecule has 0 aromatic rings. The lowest BCUT2D eigenvalue weighted by Crippen LogP contribution is -2.51. The summed E-state index contributed by atoms with van der Waals surface area (Å²) in [5.41, 5.74) is 0. The van der Waals surface area contributed by atoms with Crippen LogP contribution in [-0.2, 0) is 4.79 Å². The fourth-order valence-corrected chi connectivity index (χ4v) is 1.88. The molecular formula is C12H22N2O3. The Bertz CT molecular complexity index is 287. The Labute approximate surface area is 102 Å². The Balaban J connectivity index is 2.47. The second kappa shape index (κ2) is 5.89. The van der Waals surface area contributed by atoms with Crippen molar-refractivity contribution in [3.05, 3.63) is 0 Å². The Hall–Kier alpha value is -1.26. The van der Waals surface area contributed by atoms with Gasteiger partial charge in [0.25, 0.3) is 0 Å². The number of carbonyl (C=O) groups is 2. The number of amides is 2. The van der Waals surface area contributed by atoms with Gasteiger partial charge in [0.05, 0.1) is 0 Å². The zero-order chi connectivity index (χ0) is 13.0. The number of urea groups is 1. The van der Waals surface area contributed by atoms with Crippen molar-refractivity contribution in [3.63, 3.8) is 0 Å². The summed E-state index contributed by atoms with van der Waals surface area (Å²) in [6.45, 7) is 3.88. The molecule has 0 aromatic heterocycles. The van der Waals surface area contributed by atoms with Gasteiger partial charge in [-0.3, -0.25) is 0 Å². The molecule has 0 heterocycles. The van der Waals surface area contributed by atoms with Gasteiger partial charge in [0, 0.05) is 13.1 Å². The van der Waals surface area contributed by atoms with Gasteiger partial charge in [-0.25, -0.2) is 9.59 Å². The van der Waals surface area contributed by atoms with Crippen LogP contribution in [0.1, 0.15) is 39.5 Å². The van der Waals surface area contributed by atoms with Crippen molar-refractivity contribution in [2.45, 2.75) is 51.6 Å². The molecule has 1 rings (SSSR count). The van der Waals surface area contributed by atoms with E-state index in [-0.39, 0.29) is 18.0 Å². The predicted molar refractivity (Wildman–Crippen MR) is 64.8 cm³/mol. The van der Waals surface area contributed by atoms with Crippen molar-refractivity contribution in [2.75, 3.05) is 7.05 Å². The summed E-state index contributed by atoms with van der Waals surface area (Å²) in [5, 5.41) is 11.6. The first-order valence-electron chi connectivity index (χ1n) is 6.18. The van der Waals surface area contributed by atoms with Crippen molar-refractivity contribution in [1.29, 1.82) is 0 Å². The van der Waals surface area contributed by atoms with Gasteiger partial charge in [-0.1, -0.05) is 13.8 Å². The van der Waals surface area contributed by atoms with Gasteiger partial charge in [0.2, 0.25) is 0 Å². The molecule has 5 heteroatoms. The average Bonchev–Trinajstić information content (AvgIpc) is 2.12. The van der Waals surface area contributed by atoms with E-state index in [1.165, 1.54) is 0 Å². The third kappa shape index (κ3) is 3.91. The zero-order valence-electron chi connectivity index (χ0n) is 10.8. The second-order valence-corrected chi connectivity index (χ2v) is 5.17. The highest BCUT2D eigenvalue weighted by molar-refractivity contribution is 5.82. The van der Waals surface area contributed by atoms with Crippen molar-refractivity contribution in [1.82, 2.24) is 10.2 Å². The van der Waals surface area contributed by atoms with Crippen molar-refractivity contribution in [2.24, 2.45) is 5.92 Å². The molecule has 1 aliphatic rings. The first kappa shape index (κ1) is 13.8. The molecule has 0 aliphatic heterocycles. The minimum absolute atomic E-state index is 0.241. The number of nitrogens with zero attached hydrogens (tertiary/aromatic N) is 1. The zero-order valence-corrected chi connectivity index (χ0v) is 10.8. The number of hydrogen-bond acceptors (Lipinski definition) is 2. The van der Waals surface area contributed by atoms with Crippen molar-refractivity contribution >= 4 is 12.0 Å². The molecule has 0 unspecified atom stereocenters. The lowest BCUT2D eigenvalue weighted by atomic mass is 9.92. The highest BCUT2D eigenvalue weighted by Gasteiger charge is 2.28. The van der Waals surface area contributed by atoms with E-state index < -0.39 is 12.0 Å². The maximum Gasteiger partial charge on any atom is 0.326 e. The Morgan fingerprint density at radius 1 is 1.41 bits per heavy atom. The molecule has 5 nitrogen and oxygen atoms in total. The lowest BCUT2D eigenvalue weighted by molar-refractivity contribution is -0.139. The molecule has 1 aliphatic carbocycles. The first-order chi connectivity index (χ1) is 7.91. The monoisotopic (exact) mass is 242 g/mol. The number of rotatable bonds is 5. The van der Waals surface area contributed by atoms with Gasteiger partial charge in [0.15, 0.2) is 0 Å². The fourth-order valence-electron chi connectivity index (χ4n) is 1.88. The van der Waals surface area contributed by atoms with Crippen LogP contribution in [0.2, 0.25) is 0 Å². The fraction of sp³-hybridized carbons (Fsp3) is 0.833. The van der Waals surface area contributed by atoms with Crippen LogP contribution in [0.3, 0.4) is 0 Å². The van der Waals surface area contributed by atoms with Gasteiger partial charge in [0.1, 0.15) is 6.04 Å². The minimum Gasteiger partial charge on any atom is -0.480 e. The molecule has 1 fully saturated rings. The van der Waals surface area contributed by atoms with E-state index in [0.29, 0.717) is 6.42 Å². The third-order valence-electron chi connectivity index (χ3n) is 3.25. The molecular weight excluding hydrogens is 220 g/mol. The highest BCUT2D eigenvalue weighted by Crippen LogP contribution is 2.23. The van der Waals surface area contributed by atoms with E-state index >= 15 is 0 Å². The number of aliphatic carboxylic acids is 1. The second-order valence-electron chi connectivity index (χ2n) is 5.17. The van der Waals surface area contributed by atoms with Crippen LogP contribution < -0.4 is 5.32 Å². The first-order valence-corrected chi connectivity index (χ1v) is 6.18. The maximum atomic E-state index is 11.8. The van der Waals surface area contributed by atoms with Gasteiger partial charge in [-0.15, -0.1) is 0 Å². The summed E-state index contributed by atoms with van der Waals surface area (Å²) < 4.78 is 0. The summed E-state index contributed by atoms with van der Waals surface area (Å²) in [5.74, 6) is -0.723. The minimum atomic E-state index is -0.964. The van der Waals surface area contributed by atoms with Gasteiger partial charge < -0.3 is 15.3 Å². The van der Waals surface area contributed by atoms with E-state index in [4.69, 9.17) is 5.11 Å². The van der Waals surface area contributed by atoms with Gasteiger partial charge in [-0.2, -0.15) is 0 Å². The normalized spacial score (nSPS) is 17.4. The summed E-state index contributed by atoms with van der Waals surface area (Å²) >= 11 is 0. The molecule has 17 heavy (non-hydrogen) atoms. The number of nitrogens with one attached hydrogen (secondary N) is 1. The van der Waals surface area contributed by atoms with E-state index in [1.807, 2.05) is 13.8 Å². The Kier molecular flexibility index (Phi) is 4.78. The average molecular weight is 242 g/mol. The van der Waals surface area contributed by atoms with Crippen LogP contribution in [-0.4, -0.2) is 41.1 Å². The van der Waals surface area contributed by atoms with E-state index in [0.717, 1.165) is 19.3 Å². The van der Waals surface area contributed by atoms with Crippen LogP contribution >= 0.6 is 0 Å².